The van der Waals surface area contributed by atoms with Crippen LogP contribution in [0.2, 0.25) is 0 Å². The highest BCUT2D eigenvalue weighted by molar-refractivity contribution is 6.03. The van der Waals surface area contributed by atoms with Crippen molar-refractivity contribution in [1.29, 1.82) is 0 Å². The number of Topliss-reactive ketones (excluding diaryl/α,β-unsaturated/α-hetero) is 2. The van der Waals surface area contributed by atoms with E-state index in [9.17, 15) is 19.2 Å². The quantitative estimate of drug-likeness (QED) is 0.201. The third-order valence-electron chi connectivity index (χ3n) is 8.79. The molecule has 2 heterocycles. The van der Waals surface area contributed by atoms with Crippen molar-refractivity contribution in [3.05, 3.63) is 65.2 Å². The molecule has 0 saturated carbocycles. The highest BCUT2D eigenvalue weighted by Gasteiger charge is 2.37. The molecule has 2 aliphatic heterocycles. The zero-order chi connectivity index (χ0) is 31.9. The van der Waals surface area contributed by atoms with E-state index in [1.165, 1.54) is 0 Å². The van der Waals surface area contributed by atoms with Crippen LogP contribution in [0.15, 0.2) is 48.5 Å². The van der Waals surface area contributed by atoms with Crippen LogP contribution >= 0.6 is 0 Å². The number of nitrogens with zero attached hydrogens (tertiary/aromatic N) is 2. The molecule has 1 N–H and O–H groups in total. The molecule has 10 heteroatoms. The second-order valence-electron chi connectivity index (χ2n) is 12.4. The van der Waals surface area contributed by atoms with Gasteiger partial charge in [0.1, 0.15) is 5.75 Å². The van der Waals surface area contributed by atoms with Crippen molar-refractivity contribution in [2.45, 2.75) is 64.0 Å². The minimum absolute atomic E-state index is 0.0256. The molecule has 2 fully saturated rings. The van der Waals surface area contributed by atoms with Gasteiger partial charge in [0, 0.05) is 43.7 Å². The number of carbonyl (C=O) groups is 4. The first-order valence-electron chi connectivity index (χ1n) is 15.3. The molecule has 0 amide bonds. The van der Waals surface area contributed by atoms with Crippen molar-refractivity contribution in [1.82, 2.24) is 9.80 Å². The van der Waals surface area contributed by atoms with E-state index in [-0.39, 0.29) is 36.6 Å². The fraction of sp³-hybridized carbons (Fsp3) is 0.529. The molecule has 2 aliphatic rings. The number of esters is 1. The monoisotopic (exact) mass is 608 g/mol. The number of ether oxygens (including phenoxy) is 3. The second-order valence-corrected chi connectivity index (χ2v) is 12.4. The number of benzene rings is 2. The van der Waals surface area contributed by atoms with Crippen LogP contribution in [0.25, 0.3) is 0 Å². The number of hydrogen-bond donors (Lipinski definition) is 1. The summed E-state index contributed by atoms with van der Waals surface area (Å²) < 4.78 is 16.6. The number of rotatable bonds is 13. The van der Waals surface area contributed by atoms with Gasteiger partial charge in [0.25, 0.3) is 0 Å². The summed E-state index contributed by atoms with van der Waals surface area (Å²) in [6.07, 6.45) is 0.468. The van der Waals surface area contributed by atoms with Gasteiger partial charge in [-0.2, -0.15) is 0 Å². The standard InChI is InChI=1S/C34H44N2O8/c1-33(2,35-16-20-42-21-17-35)30(39)25-10-8-24(9-11-25)28(6-5-7-29(37)38)32(41)44-27-14-12-26(13-15-27)31(40)34(3,4)36-18-22-43-23-19-36/h8-15,28H,5-7,16-23H2,1-4H3,(H,37,38). The average Bonchev–Trinajstić information content (AvgIpc) is 3.03. The first kappa shape index (κ1) is 33.5. The predicted molar refractivity (Wildman–Crippen MR) is 164 cm³/mol. The van der Waals surface area contributed by atoms with Gasteiger partial charge >= 0.3 is 11.9 Å². The van der Waals surface area contributed by atoms with Crippen molar-refractivity contribution in [3.63, 3.8) is 0 Å². The van der Waals surface area contributed by atoms with Gasteiger partial charge in [-0.15, -0.1) is 0 Å². The summed E-state index contributed by atoms with van der Waals surface area (Å²) in [4.78, 5) is 55.6. The Balaban J connectivity index is 1.46. The van der Waals surface area contributed by atoms with Crippen LogP contribution in [0, 0.1) is 0 Å². The maximum absolute atomic E-state index is 13.4. The van der Waals surface area contributed by atoms with E-state index in [0.717, 1.165) is 0 Å². The van der Waals surface area contributed by atoms with Crippen molar-refractivity contribution < 1.29 is 38.5 Å². The molecule has 1 atom stereocenters. The third kappa shape index (κ3) is 7.98. The first-order chi connectivity index (χ1) is 20.9. The molecule has 0 spiro atoms. The number of carbonyl (C=O) groups excluding carboxylic acids is 3. The lowest BCUT2D eigenvalue weighted by Gasteiger charge is -2.39. The molecule has 2 aromatic rings. The SMILES string of the molecule is CC(C)(C(=O)c1ccc(OC(=O)C(CCCC(=O)O)c2ccc(C(=O)C(C)(C)N3CCOCC3)cc2)cc1)N1CCOCC1. The number of ketones is 2. The van der Waals surface area contributed by atoms with E-state index in [1.54, 1.807) is 48.5 Å². The number of aliphatic carboxylic acids is 1. The van der Waals surface area contributed by atoms with Crippen LogP contribution < -0.4 is 4.74 Å². The molecular weight excluding hydrogens is 564 g/mol. The van der Waals surface area contributed by atoms with Gasteiger partial charge < -0.3 is 19.3 Å². The fourth-order valence-corrected chi connectivity index (χ4v) is 5.84. The van der Waals surface area contributed by atoms with E-state index >= 15 is 0 Å². The van der Waals surface area contributed by atoms with Gasteiger partial charge in [-0.05, 0) is 70.4 Å². The first-order valence-corrected chi connectivity index (χ1v) is 15.3. The molecule has 10 nitrogen and oxygen atoms in total. The lowest BCUT2D eigenvalue weighted by atomic mass is 9.88. The smallest absolute Gasteiger partial charge is 0.318 e. The van der Waals surface area contributed by atoms with E-state index in [4.69, 9.17) is 19.3 Å². The largest absolute Gasteiger partial charge is 0.481 e. The molecule has 4 rings (SSSR count). The molecule has 0 radical (unpaired) electrons. The second kappa shape index (κ2) is 14.6. The number of carboxylic acid groups (broad SMARTS) is 1. The summed E-state index contributed by atoms with van der Waals surface area (Å²) in [5, 5.41) is 9.16. The lowest BCUT2D eigenvalue weighted by Crippen LogP contribution is -2.54. The number of carboxylic acids is 1. The molecule has 1 unspecified atom stereocenters. The summed E-state index contributed by atoms with van der Waals surface area (Å²) in [6.45, 7) is 12.7. The average molecular weight is 609 g/mol. The van der Waals surface area contributed by atoms with Crippen LogP contribution in [0.5, 0.6) is 5.75 Å². The lowest BCUT2D eigenvalue weighted by molar-refractivity contribution is -0.139. The molecule has 238 valence electrons. The summed E-state index contributed by atoms with van der Waals surface area (Å²) in [5.41, 5.74) is 0.265. The topological polar surface area (TPSA) is 123 Å². The predicted octanol–water partition coefficient (Wildman–Crippen LogP) is 4.22. The van der Waals surface area contributed by atoms with Gasteiger partial charge in [-0.25, -0.2) is 0 Å². The van der Waals surface area contributed by atoms with Gasteiger partial charge in [0.15, 0.2) is 11.6 Å². The molecule has 2 aromatic carbocycles. The number of morpholine rings is 2. The zero-order valence-corrected chi connectivity index (χ0v) is 26.2. The molecule has 0 aliphatic carbocycles. The van der Waals surface area contributed by atoms with Crippen molar-refractivity contribution >= 4 is 23.5 Å². The highest BCUT2D eigenvalue weighted by Crippen LogP contribution is 2.29. The maximum atomic E-state index is 13.4. The normalized spacial score (nSPS) is 17.5. The summed E-state index contributed by atoms with van der Waals surface area (Å²) in [7, 11) is 0. The number of hydrogen-bond acceptors (Lipinski definition) is 9. The Kier molecular flexibility index (Phi) is 11.1. The molecule has 0 bridgehead atoms. The summed E-state index contributed by atoms with van der Waals surface area (Å²) in [5.74, 6) is -1.97. The Labute approximate surface area is 259 Å². The third-order valence-corrected chi connectivity index (χ3v) is 8.79. The van der Waals surface area contributed by atoms with Crippen LogP contribution in [-0.2, 0) is 19.1 Å². The van der Waals surface area contributed by atoms with Crippen LogP contribution in [0.4, 0.5) is 0 Å². The van der Waals surface area contributed by atoms with Gasteiger partial charge in [0.05, 0.1) is 43.4 Å². The highest BCUT2D eigenvalue weighted by atomic mass is 16.5. The van der Waals surface area contributed by atoms with Crippen LogP contribution in [-0.4, -0.2) is 102 Å². The van der Waals surface area contributed by atoms with Crippen molar-refractivity contribution in [2.24, 2.45) is 0 Å². The minimum atomic E-state index is -0.941. The van der Waals surface area contributed by atoms with E-state index < -0.39 is 28.9 Å². The van der Waals surface area contributed by atoms with E-state index in [0.29, 0.717) is 69.3 Å². The molecule has 44 heavy (non-hydrogen) atoms. The fourth-order valence-electron chi connectivity index (χ4n) is 5.84. The van der Waals surface area contributed by atoms with E-state index in [2.05, 4.69) is 9.80 Å². The maximum Gasteiger partial charge on any atom is 0.318 e. The Hall–Kier alpha value is -3.44. The Morgan fingerprint density at radius 1 is 0.750 bits per heavy atom. The Morgan fingerprint density at radius 3 is 1.61 bits per heavy atom. The van der Waals surface area contributed by atoms with Gasteiger partial charge in [-0.3, -0.25) is 29.0 Å². The molecular formula is C34H44N2O8. The zero-order valence-electron chi connectivity index (χ0n) is 26.2. The molecule has 0 aromatic heterocycles. The Bertz CT molecular complexity index is 1310. The van der Waals surface area contributed by atoms with Gasteiger partial charge in [0.2, 0.25) is 0 Å². The van der Waals surface area contributed by atoms with Crippen molar-refractivity contribution in [3.8, 4) is 5.75 Å². The van der Waals surface area contributed by atoms with Gasteiger partial charge in [-0.1, -0.05) is 24.3 Å². The Morgan fingerprint density at radius 2 is 1.18 bits per heavy atom. The van der Waals surface area contributed by atoms with Crippen molar-refractivity contribution in [2.75, 3.05) is 52.6 Å². The summed E-state index contributed by atoms with van der Waals surface area (Å²) in [6, 6.07) is 13.4. The van der Waals surface area contributed by atoms with E-state index in [1.807, 2.05) is 27.7 Å². The molecule has 2 saturated heterocycles. The minimum Gasteiger partial charge on any atom is -0.481 e. The van der Waals surface area contributed by atoms with Crippen LogP contribution in [0.3, 0.4) is 0 Å². The summed E-state index contributed by atoms with van der Waals surface area (Å²) >= 11 is 0. The van der Waals surface area contributed by atoms with Crippen LogP contribution in [0.1, 0.15) is 79.2 Å².